The Morgan fingerprint density at radius 3 is 2.85 bits per heavy atom. The second-order valence-corrected chi connectivity index (χ2v) is 6.94. The van der Waals surface area contributed by atoms with Gasteiger partial charge in [0.05, 0.1) is 7.11 Å². The normalized spacial score (nSPS) is 15.1. The van der Waals surface area contributed by atoms with Crippen LogP contribution in [0.3, 0.4) is 0 Å². The molecule has 0 unspecified atom stereocenters. The lowest BCUT2D eigenvalue weighted by Crippen LogP contribution is -2.43. The van der Waals surface area contributed by atoms with Crippen LogP contribution in [0.25, 0.3) is 10.9 Å². The fourth-order valence-electron chi connectivity index (χ4n) is 3.67. The molecule has 4 rings (SSSR count). The molecule has 0 aliphatic carbocycles. The highest BCUT2D eigenvalue weighted by Crippen LogP contribution is 2.29. The van der Waals surface area contributed by atoms with Crippen LogP contribution in [0.5, 0.6) is 5.88 Å². The van der Waals surface area contributed by atoms with E-state index in [1.54, 1.807) is 13.3 Å². The third-order valence-electron chi connectivity index (χ3n) is 5.22. The molecule has 0 spiro atoms. The highest BCUT2D eigenvalue weighted by molar-refractivity contribution is 5.80. The van der Waals surface area contributed by atoms with Crippen LogP contribution in [0, 0.1) is 0 Å². The molecule has 0 atom stereocenters. The van der Waals surface area contributed by atoms with Crippen molar-refractivity contribution in [3.05, 3.63) is 59.9 Å². The van der Waals surface area contributed by atoms with Gasteiger partial charge in [0.15, 0.2) is 0 Å². The van der Waals surface area contributed by atoms with Crippen molar-refractivity contribution >= 4 is 16.9 Å². The van der Waals surface area contributed by atoms with Crippen molar-refractivity contribution in [3.8, 4) is 5.88 Å². The smallest absolute Gasteiger partial charge is 0.317 e. The van der Waals surface area contributed by atoms with Crippen molar-refractivity contribution < 1.29 is 9.53 Å². The zero-order chi connectivity index (χ0) is 18.6. The van der Waals surface area contributed by atoms with Crippen molar-refractivity contribution in [2.45, 2.75) is 25.3 Å². The largest absolute Gasteiger partial charge is 0.481 e. The molecule has 2 aromatic heterocycles. The number of rotatable bonds is 4. The number of benzene rings is 1. The van der Waals surface area contributed by atoms with Crippen LogP contribution < -0.4 is 10.1 Å². The highest BCUT2D eigenvalue weighted by atomic mass is 16.5. The molecule has 1 fully saturated rings. The number of methoxy groups -OCH3 is 1. The average molecular weight is 364 g/mol. The summed E-state index contributed by atoms with van der Waals surface area (Å²) >= 11 is 0. The number of carbonyl (C=O) groups is 1. The van der Waals surface area contributed by atoms with Gasteiger partial charge in [-0.1, -0.05) is 18.2 Å². The van der Waals surface area contributed by atoms with E-state index in [-0.39, 0.29) is 6.03 Å². The molecule has 1 aromatic carbocycles. The highest BCUT2D eigenvalue weighted by Gasteiger charge is 2.24. The quantitative estimate of drug-likeness (QED) is 0.742. The molecule has 2 amide bonds. The SMILES string of the molecule is COc1cc(CNC(=O)N2CCC(c3cc4ccccc4[nH]3)CC2)ccn1. The minimum absolute atomic E-state index is 0.0131. The van der Waals surface area contributed by atoms with E-state index in [2.05, 4.69) is 39.6 Å². The number of ether oxygens (including phenoxy) is 1. The fourth-order valence-corrected chi connectivity index (χ4v) is 3.67. The number of likely N-dealkylation sites (tertiary alicyclic amines) is 1. The first-order valence-electron chi connectivity index (χ1n) is 9.32. The maximum absolute atomic E-state index is 12.5. The lowest BCUT2D eigenvalue weighted by molar-refractivity contribution is 0.180. The van der Waals surface area contributed by atoms with Gasteiger partial charge in [0.25, 0.3) is 0 Å². The number of hydrogen-bond donors (Lipinski definition) is 2. The van der Waals surface area contributed by atoms with Crippen molar-refractivity contribution in [1.29, 1.82) is 0 Å². The standard InChI is InChI=1S/C21H24N4O2/c1-27-20-12-15(6-9-22-20)14-23-21(26)25-10-7-16(8-11-25)19-13-17-4-2-3-5-18(17)24-19/h2-6,9,12-13,16,24H,7-8,10-11,14H2,1H3,(H,23,26). The Morgan fingerprint density at radius 2 is 2.07 bits per heavy atom. The first kappa shape index (κ1) is 17.4. The topological polar surface area (TPSA) is 70.2 Å². The molecule has 0 bridgehead atoms. The summed E-state index contributed by atoms with van der Waals surface area (Å²) in [4.78, 5) is 22.0. The van der Waals surface area contributed by atoms with Gasteiger partial charge in [-0.3, -0.25) is 0 Å². The van der Waals surface area contributed by atoms with E-state index in [1.165, 1.54) is 16.6 Å². The summed E-state index contributed by atoms with van der Waals surface area (Å²) in [7, 11) is 1.59. The van der Waals surface area contributed by atoms with Gasteiger partial charge >= 0.3 is 6.03 Å². The molecule has 0 saturated carbocycles. The van der Waals surface area contributed by atoms with Gasteiger partial charge in [0.1, 0.15) is 0 Å². The zero-order valence-corrected chi connectivity index (χ0v) is 15.4. The van der Waals surface area contributed by atoms with E-state index in [9.17, 15) is 4.79 Å². The molecule has 1 saturated heterocycles. The van der Waals surface area contributed by atoms with E-state index in [0.717, 1.165) is 31.5 Å². The number of aromatic nitrogens is 2. The summed E-state index contributed by atoms with van der Waals surface area (Å²) in [6.45, 7) is 2.01. The maximum atomic E-state index is 12.5. The summed E-state index contributed by atoms with van der Waals surface area (Å²) in [5, 5.41) is 4.24. The number of nitrogens with one attached hydrogen (secondary N) is 2. The van der Waals surface area contributed by atoms with Crippen LogP contribution in [0.15, 0.2) is 48.7 Å². The molecule has 6 heteroatoms. The summed E-state index contributed by atoms with van der Waals surface area (Å²) < 4.78 is 5.12. The molecule has 3 aromatic rings. The third-order valence-corrected chi connectivity index (χ3v) is 5.22. The number of nitrogens with zero attached hydrogens (tertiary/aromatic N) is 2. The molecule has 1 aliphatic heterocycles. The lowest BCUT2D eigenvalue weighted by atomic mass is 9.94. The number of fused-ring (bicyclic) bond motifs is 1. The van der Waals surface area contributed by atoms with E-state index < -0.39 is 0 Å². The number of aromatic amines is 1. The van der Waals surface area contributed by atoms with Crippen LogP contribution in [-0.2, 0) is 6.54 Å². The Labute approximate surface area is 158 Å². The number of carbonyl (C=O) groups excluding carboxylic acids is 1. The van der Waals surface area contributed by atoms with Crippen LogP contribution in [0.4, 0.5) is 4.79 Å². The predicted octanol–water partition coefficient (Wildman–Crippen LogP) is 3.66. The molecule has 27 heavy (non-hydrogen) atoms. The van der Waals surface area contributed by atoms with Gasteiger partial charge in [0, 0.05) is 49.0 Å². The fraction of sp³-hybridized carbons (Fsp3) is 0.333. The maximum Gasteiger partial charge on any atom is 0.317 e. The number of pyridine rings is 1. The van der Waals surface area contributed by atoms with Crippen molar-refractivity contribution in [1.82, 2.24) is 20.2 Å². The predicted molar refractivity (Wildman–Crippen MR) is 105 cm³/mol. The first-order valence-corrected chi connectivity index (χ1v) is 9.32. The monoisotopic (exact) mass is 364 g/mol. The van der Waals surface area contributed by atoms with Gasteiger partial charge in [-0.2, -0.15) is 0 Å². The van der Waals surface area contributed by atoms with Crippen LogP contribution in [0.1, 0.15) is 30.0 Å². The number of hydrogen-bond acceptors (Lipinski definition) is 3. The Kier molecular flexibility index (Phi) is 4.96. The Morgan fingerprint density at radius 1 is 1.26 bits per heavy atom. The minimum atomic E-state index is -0.0131. The minimum Gasteiger partial charge on any atom is -0.481 e. The van der Waals surface area contributed by atoms with Gasteiger partial charge in [-0.25, -0.2) is 9.78 Å². The number of para-hydroxylation sites is 1. The number of piperidine rings is 1. The number of urea groups is 1. The Balaban J connectivity index is 1.31. The van der Waals surface area contributed by atoms with Crippen molar-refractivity contribution in [2.75, 3.05) is 20.2 Å². The second-order valence-electron chi connectivity index (χ2n) is 6.94. The molecule has 140 valence electrons. The lowest BCUT2D eigenvalue weighted by Gasteiger charge is -2.31. The van der Waals surface area contributed by atoms with Gasteiger partial charge in [-0.15, -0.1) is 0 Å². The van der Waals surface area contributed by atoms with E-state index >= 15 is 0 Å². The van der Waals surface area contributed by atoms with Gasteiger partial charge in [0.2, 0.25) is 5.88 Å². The van der Waals surface area contributed by atoms with Gasteiger partial charge < -0.3 is 19.9 Å². The van der Waals surface area contributed by atoms with Crippen LogP contribution >= 0.6 is 0 Å². The van der Waals surface area contributed by atoms with E-state index in [0.29, 0.717) is 18.3 Å². The average Bonchev–Trinajstić information content (AvgIpc) is 3.16. The van der Waals surface area contributed by atoms with Gasteiger partial charge in [-0.05, 0) is 42.0 Å². The van der Waals surface area contributed by atoms with Crippen LogP contribution in [0.2, 0.25) is 0 Å². The third kappa shape index (κ3) is 3.89. The Bertz CT molecular complexity index is 896. The number of amides is 2. The molecule has 6 nitrogen and oxygen atoms in total. The molecular formula is C21H24N4O2. The van der Waals surface area contributed by atoms with Crippen LogP contribution in [-0.4, -0.2) is 41.1 Å². The first-order chi connectivity index (χ1) is 13.2. The number of H-pyrrole nitrogens is 1. The molecule has 2 N–H and O–H groups in total. The second kappa shape index (κ2) is 7.70. The molecule has 3 heterocycles. The van der Waals surface area contributed by atoms with E-state index in [4.69, 9.17) is 4.74 Å². The molecule has 0 radical (unpaired) electrons. The Hall–Kier alpha value is -3.02. The van der Waals surface area contributed by atoms with Crippen molar-refractivity contribution in [3.63, 3.8) is 0 Å². The summed E-state index contributed by atoms with van der Waals surface area (Å²) in [6, 6.07) is 14.3. The molecular weight excluding hydrogens is 340 g/mol. The zero-order valence-electron chi connectivity index (χ0n) is 15.4. The van der Waals surface area contributed by atoms with E-state index in [1.807, 2.05) is 23.1 Å². The summed E-state index contributed by atoms with van der Waals surface area (Å²) in [6.07, 6.45) is 3.64. The van der Waals surface area contributed by atoms with Crippen molar-refractivity contribution in [2.24, 2.45) is 0 Å². The summed E-state index contributed by atoms with van der Waals surface area (Å²) in [5.74, 6) is 1.03. The summed E-state index contributed by atoms with van der Waals surface area (Å²) in [5.41, 5.74) is 3.43. The molecule has 1 aliphatic rings.